The molecule has 2 aromatic rings. The first-order valence-corrected chi connectivity index (χ1v) is 5.60. The molecule has 0 aliphatic heterocycles. The number of phenols is 2. The van der Waals surface area contributed by atoms with Crippen molar-refractivity contribution in [2.24, 2.45) is 0 Å². The van der Waals surface area contributed by atoms with E-state index in [0.29, 0.717) is 5.56 Å². The van der Waals surface area contributed by atoms with Crippen molar-refractivity contribution in [3.63, 3.8) is 0 Å². The monoisotopic (exact) mass is 228 g/mol. The first kappa shape index (κ1) is 11.5. The van der Waals surface area contributed by atoms with Gasteiger partial charge in [-0.1, -0.05) is 24.3 Å². The van der Waals surface area contributed by atoms with Crippen molar-refractivity contribution in [2.75, 3.05) is 0 Å². The van der Waals surface area contributed by atoms with Crippen molar-refractivity contribution < 1.29 is 10.2 Å². The molecule has 0 saturated carbocycles. The van der Waals surface area contributed by atoms with Gasteiger partial charge in [0.15, 0.2) is 0 Å². The van der Waals surface area contributed by atoms with E-state index in [9.17, 15) is 10.2 Å². The second kappa shape index (κ2) is 4.13. The molecule has 0 radical (unpaired) electrons. The van der Waals surface area contributed by atoms with Gasteiger partial charge in [-0.2, -0.15) is 0 Å². The fourth-order valence-corrected chi connectivity index (χ4v) is 1.97. The van der Waals surface area contributed by atoms with E-state index >= 15 is 0 Å². The van der Waals surface area contributed by atoms with Gasteiger partial charge in [-0.05, 0) is 49.1 Å². The molecule has 2 heteroatoms. The molecule has 17 heavy (non-hydrogen) atoms. The minimum Gasteiger partial charge on any atom is -0.508 e. The van der Waals surface area contributed by atoms with Crippen molar-refractivity contribution >= 4 is 0 Å². The molecule has 0 aromatic heterocycles. The summed E-state index contributed by atoms with van der Waals surface area (Å²) in [6.07, 6.45) is 0. The van der Waals surface area contributed by atoms with Gasteiger partial charge in [0.2, 0.25) is 0 Å². The van der Waals surface area contributed by atoms with Crippen molar-refractivity contribution in [2.45, 2.75) is 20.8 Å². The Balaban J connectivity index is 2.73. The molecule has 2 N–H and O–H groups in total. The van der Waals surface area contributed by atoms with Crippen LogP contribution in [-0.4, -0.2) is 10.2 Å². The minimum atomic E-state index is 0.221. The zero-order valence-corrected chi connectivity index (χ0v) is 10.3. The molecule has 2 aromatic carbocycles. The summed E-state index contributed by atoms with van der Waals surface area (Å²) in [5, 5.41) is 20.0. The van der Waals surface area contributed by atoms with Gasteiger partial charge < -0.3 is 10.2 Å². The van der Waals surface area contributed by atoms with Crippen LogP contribution in [0.2, 0.25) is 0 Å². The van der Waals surface area contributed by atoms with Gasteiger partial charge in [-0.15, -0.1) is 0 Å². The molecule has 0 spiro atoms. The highest BCUT2D eigenvalue weighted by atomic mass is 16.3. The maximum atomic E-state index is 10.2. The summed E-state index contributed by atoms with van der Waals surface area (Å²) in [7, 11) is 0. The van der Waals surface area contributed by atoms with E-state index in [-0.39, 0.29) is 11.5 Å². The van der Waals surface area contributed by atoms with Gasteiger partial charge in [-0.25, -0.2) is 0 Å². The molecular weight excluding hydrogens is 212 g/mol. The second-order valence-electron chi connectivity index (χ2n) is 4.36. The minimum absolute atomic E-state index is 0.221. The van der Waals surface area contributed by atoms with Gasteiger partial charge in [-0.3, -0.25) is 0 Å². The fraction of sp³-hybridized carbons (Fsp3) is 0.200. The summed E-state index contributed by atoms with van der Waals surface area (Å²) < 4.78 is 0. The lowest BCUT2D eigenvalue weighted by Crippen LogP contribution is -1.89. The van der Waals surface area contributed by atoms with E-state index in [2.05, 4.69) is 0 Å². The molecule has 0 bridgehead atoms. The Morgan fingerprint density at radius 2 is 1.47 bits per heavy atom. The third kappa shape index (κ3) is 1.86. The molecule has 88 valence electrons. The van der Waals surface area contributed by atoms with Crippen LogP contribution >= 0.6 is 0 Å². The lowest BCUT2D eigenvalue weighted by Gasteiger charge is -2.13. The van der Waals surface area contributed by atoms with E-state index in [0.717, 1.165) is 22.3 Å². The van der Waals surface area contributed by atoms with Crippen LogP contribution in [0.1, 0.15) is 16.7 Å². The molecule has 2 rings (SSSR count). The normalized spacial score (nSPS) is 10.5. The molecule has 0 fully saturated rings. The predicted molar refractivity (Wildman–Crippen MR) is 69.4 cm³/mol. The number of hydrogen-bond acceptors (Lipinski definition) is 2. The zero-order chi connectivity index (χ0) is 12.6. The second-order valence-corrected chi connectivity index (χ2v) is 4.36. The summed E-state index contributed by atoms with van der Waals surface area (Å²) >= 11 is 0. The van der Waals surface area contributed by atoms with Crippen LogP contribution in [0.4, 0.5) is 0 Å². The van der Waals surface area contributed by atoms with Crippen molar-refractivity contribution in [3.05, 3.63) is 47.0 Å². The Bertz CT molecular complexity index is 571. The molecule has 0 atom stereocenters. The van der Waals surface area contributed by atoms with E-state index in [1.165, 1.54) is 0 Å². The summed E-state index contributed by atoms with van der Waals surface area (Å²) in [4.78, 5) is 0. The summed E-state index contributed by atoms with van der Waals surface area (Å²) in [6, 6.07) is 9.43. The lowest BCUT2D eigenvalue weighted by atomic mass is 9.95. The van der Waals surface area contributed by atoms with Gasteiger partial charge in [0.25, 0.3) is 0 Å². The summed E-state index contributed by atoms with van der Waals surface area (Å²) in [6.45, 7) is 5.60. The zero-order valence-electron chi connectivity index (χ0n) is 10.3. The van der Waals surface area contributed by atoms with E-state index in [1.54, 1.807) is 13.0 Å². The van der Waals surface area contributed by atoms with Crippen LogP contribution in [0.3, 0.4) is 0 Å². The average molecular weight is 228 g/mol. The first-order chi connectivity index (χ1) is 8.02. The van der Waals surface area contributed by atoms with E-state index in [1.807, 2.05) is 38.1 Å². The van der Waals surface area contributed by atoms with Crippen molar-refractivity contribution in [1.29, 1.82) is 0 Å². The number of benzene rings is 2. The van der Waals surface area contributed by atoms with Gasteiger partial charge in [0.1, 0.15) is 11.5 Å². The van der Waals surface area contributed by atoms with E-state index in [4.69, 9.17) is 0 Å². The summed E-state index contributed by atoms with van der Waals surface area (Å²) in [5.74, 6) is 0.466. The molecular formula is C15H16O2. The molecule has 0 unspecified atom stereocenters. The summed E-state index contributed by atoms with van der Waals surface area (Å²) in [5.41, 5.74) is 4.15. The SMILES string of the molecule is Cc1ccccc1-c1cc(O)c(C)c(C)c1O. The molecule has 0 heterocycles. The van der Waals surface area contributed by atoms with Gasteiger partial charge in [0, 0.05) is 5.56 Å². The van der Waals surface area contributed by atoms with Crippen LogP contribution in [0, 0.1) is 20.8 Å². The maximum absolute atomic E-state index is 10.2. The highest BCUT2D eigenvalue weighted by molar-refractivity contribution is 5.76. The number of rotatable bonds is 1. The third-order valence-corrected chi connectivity index (χ3v) is 3.27. The fourth-order valence-electron chi connectivity index (χ4n) is 1.97. The highest BCUT2D eigenvalue weighted by Crippen LogP contribution is 2.39. The van der Waals surface area contributed by atoms with Crippen LogP contribution in [0.25, 0.3) is 11.1 Å². The first-order valence-electron chi connectivity index (χ1n) is 5.60. The maximum Gasteiger partial charge on any atom is 0.126 e. The highest BCUT2D eigenvalue weighted by Gasteiger charge is 2.13. The topological polar surface area (TPSA) is 40.5 Å². The Labute approximate surface area is 101 Å². The molecule has 2 nitrogen and oxygen atoms in total. The van der Waals surface area contributed by atoms with E-state index < -0.39 is 0 Å². The van der Waals surface area contributed by atoms with Crippen molar-refractivity contribution in [1.82, 2.24) is 0 Å². The van der Waals surface area contributed by atoms with Gasteiger partial charge >= 0.3 is 0 Å². The average Bonchev–Trinajstić information content (AvgIpc) is 2.32. The van der Waals surface area contributed by atoms with Crippen LogP contribution in [0.5, 0.6) is 11.5 Å². The molecule has 0 aliphatic rings. The Morgan fingerprint density at radius 3 is 2.12 bits per heavy atom. The van der Waals surface area contributed by atoms with Gasteiger partial charge in [0.05, 0.1) is 0 Å². The Morgan fingerprint density at radius 1 is 0.824 bits per heavy atom. The van der Waals surface area contributed by atoms with Crippen LogP contribution in [0.15, 0.2) is 30.3 Å². The van der Waals surface area contributed by atoms with Crippen molar-refractivity contribution in [3.8, 4) is 22.6 Å². The van der Waals surface area contributed by atoms with Crippen LogP contribution in [-0.2, 0) is 0 Å². The standard InChI is InChI=1S/C15H16O2/c1-9-6-4-5-7-12(9)13-8-14(16)10(2)11(3)15(13)17/h4-8,16-17H,1-3H3. The Hall–Kier alpha value is -1.96. The number of hydrogen-bond donors (Lipinski definition) is 2. The number of phenolic OH excluding ortho intramolecular Hbond substituents is 2. The quantitative estimate of drug-likeness (QED) is 0.731. The number of aromatic hydroxyl groups is 2. The lowest BCUT2D eigenvalue weighted by molar-refractivity contribution is 0.455. The predicted octanol–water partition coefficient (Wildman–Crippen LogP) is 3.69. The smallest absolute Gasteiger partial charge is 0.126 e. The number of aryl methyl sites for hydroxylation is 1. The Kier molecular flexibility index (Phi) is 2.80. The van der Waals surface area contributed by atoms with Crippen LogP contribution < -0.4 is 0 Å². The molecule has 0 aliphatic carbocycles. The molecule has 0 amide bonds. The third-order valence-electron chi connectivity index (χ3n) is 3.27. The molecule has 0 saturated heterocycles. The largest absolute Gasteiger partial charge is 0.508 e.